The summed E-state index contributed by atoms with van der Waals surface area (Å²) in [5, 5.41) is 5.04. The van der Waals surface area contributed by atoms with Crippen LogP contribution >= 0.6 is 22.9 Å². The van der Waals surface area contributed by atoms with Gasteiger partial charge < -0.3 is 5.32 Å². The highest BCUT2D eigenvalue weighted by atomic mass is 35.5. The molecule has 152 valence electrons. The van der Waals surface area contributed by atoms with Crippen LogP contribution in [0.5, 0.6) is 0 Å². The summed E-state index contributed by atoms with van der Waals surface area (Å²) in [5.41, 5.74) is 2.30. The number of nitrogens with zero attached hydrogens (tertiary/aromatic N) is 1. The highest BCUT2D eigenvalue weighted by molar-refractivity contribution is 7.89. The summed E-state index contributed by atoms with van der Waals surface area (Å²) >= 11 is 7.63. The lowest BCUT2D eigenvalue weighted by atomic mass is 10.0. The van der Waals surface area contributed by atoms with E-state index in [1.54, 1.807) is 11.3 Å². The van der Waals surface area contributed by atoms with Crippen molar-refractivity contribution in [2.45, 2.75) is 17.9 Å². The van der Waals surface area contributed by atoms with Gasteiger partial charge in [-0.3, -0.25) is 4.79 Å². The lowest BCUT2D eigenvalue weighted by Gasteiger charge is -2.19. The van der Waals surface area contributed by atoms with Crippen molar-refractivity contribution in [2.75, 3.05) is 14.1 Å². The van der Waals surface area contributed by atoms with Gasteiger partial charge in [-0.05, 0) is 42.1 Å². The molecule has 1 atom stereocenters. The van der Waals surface area contributed by atoms with Crippen LogP contribution in [0.4, 0.5) is 0 Å². The number of halogens is 1. The smallest absolute Gasteiger partial charge is 0.252 e. The minimum atomic E-state index is -3.77. The summed E-state index contributed by atoms with van der Waals surface area (Å²) in [4.78, 5) is 13.9. The van der Waals surface area contributed by atoms with Gasteiger partial charge in [0.2, 0.25) is 10.0 Å². The minimum absolute atomic E-state index is 0.0728. The Morgan fingerprint density at radius 3 is 2.38 bits per heavy atom. The van der Waals surface area contributed by atoms with Crippen molar-refractivity contribution in [3.8, 4) is 0 Å². The molecule has 2 aromatic carbocycles. The molecule has 3 aromatic rings. The molecule has 8 heteroatoms. The molecule has 1 aromatic heterocycles. The number of rotatable bonds is 6. The van der Waals surface area contributed by atoms with Crippen LogP contribution in [0.3, 0.4) is 0 Å². The summed E-state index contributed by atoms with van der Waals surface area (Å²) in [5.74, 6) is -0.379. The van der Waals surface area contributed by atoms with Crippen molar-refractivity contribution in [3.63, 3.8) is 0 Å². The molecule has 1 heterocycles. The van der Waals surface area contributed by atoms with Gasteiger partial charge in [0.05, 0.1) is 11.1 Å². The number of thiophene rings is 1. The monoisotopic (exact) mass is 448 g/mol. The van der Waals surface area contributed by atoms with Crippen LogP contribution in [0.2, 0.25) is 5.02 Å². The molecule has 0 bridgehead atoms. The van der Waals surface area contributed by atoms with Crippen molar-refractivity contribution < 1.29 is 13.2 Å². The third-order valence-electron chi connectivity index (χ3n) is 4.47. The maximum absolute atomic E-state index is 13.0. The maximum atomic E-state index is 13.0. The molecule has 0 fully saturated rings. The lowest BCUT2D eigenvalue weighted by Crippen LogP contribution is -2.29. The highest BCUT2D eigenvalue weighted by Crippen LogP contribution is 2.28. The predicted octanol–water partition coefficient (Wildman–Crippen LogP) is 4.48. The number of hydrogen-bond acceptors (Lipinski definition) is 4. The molecule has 1 N–H and O–H groups in total. The quantitative estimate of drug-likeness (QED) is 0.604. The van der Waals surface area contributed by atoms with Crippen LogP contribution in [0.15, 0.2) is 64.9 Å². The summed E-state index contributed by atoms with van der Waals surface area (Å²) < 4.78 is 26.1. The van der Waals surface area contributed by atoms with Crippen LogP contribution in [0, 0.1) is 6.92 Å². The first-order chi connectivity index (χ1) is 13.7. The van der Waals surface area contributed by atoms with Gasteiger partial charge in [0, 0.05) is 24.5 Å². The fourth-order valence-electron chi connectivity index (χ4n) is 2.79. The first-order valence-corrected chi connectivity index (χ1v) is 11.5. The predicted molar refractivity (Wildman–Crippen MR) is 117 cm³/mol. The van der Waals surface area contributed by atoms with E-state index in [1.807, 2.05) is 48.7 Å². The molecule has 0 aliphatic rings. The standard InChI is InChI=1S/C21H21ClN2O3S2/c1-14-6-8-15(9-7-14)20(18-5-4-12-28-18)23-21(25)16-10-11-17(22)19(13-16)29(26,27)24(2)3/h4-13,20H,1-3H3,(H,23,25). The van der Waals surface area contributed by atoms with Crippen LogP contribution in [-0.4, -0.2) is 32.7 Å². The van der Waals surface area contributed by atoms with E-state index in [2.05, 4.69) is 5.32 Å². The highest BCUT2D eigenvalue weighted by Gasteiger charge is 2.24. The molecular weight excluding hydrogens is 428 g/mol. The number of nitrogens with one attached hydrogen (secondary N) is 1. The number of carbonyl (C=O) groups excluding carboxylic acids is 1. The second kappa shape index (κ2) is 8.67. The molecule has 0 spiro atoms. The summed E-state index contributed by atoms with van der Waals surface area (Å²) in [6, 6.07) is 15.7. The number of benzene rings is 2. The SMILES string of the molecule is Cc1ccc(C(NC(=O)c2ccc(Cl)c(S(=O)(=O)N(C)C)c2)c2cccs2)cc1. The molecule has 1 unspecified atom stereocenters. The first kappa shape index (κ1) is 21.5. The van der Waals surface area contributed by atoms with E-state index in [0.29, 0.717) is 0 Å². The first-order valence-electron chi connectivity index (χ1n) is 8.83. The van der Waals surface area contributed by atoms with Gasteiger partial charge >= 0.3 is 0 Å². The molecule has 5 nitrogen and oxygen atoms in total. The van der Waals surface area contributed by atoms with Crippen LogP contribution in [0.1, 0.15) is 32.4 Å². The molecule has 0 saturated heterocycles. The Balaban J connectivity index is 1.96. The van der Waals surface area contributed by atoms with Crippen LogP contribution in [0.25, 0.3) is 0 Å². The Morgan fingerprint density at radius 1 is 1.10 bits per heavy atom. The topological polar surface area (TPSA) is 66.5 Å². The van der Waals surface area contributed by atoms with E-state index in [9.17, 15) is 13.2 Å². The van der Waals surface area contributed by atoms with Gasteiger partial charge in [-0.15, -0.1) is 11.3 Å². The molecular formula is C21H21ClN2O3S2. The van der Waals surface area contributed by atoms with E-state index < -0.39 is 10.0 Å². The van der Waals surface area contributed by atoms with Crippen molar-refractivity contribution in [3.05, 3.63) is 86.6 Å². The lowest BCUT2D eigenvalue weighted by molar-refractivity contribution is 0.0943. The maximum Gasteiger partial charge on any atom is 0.252 e. The molecule has 0 radical (unpaired) electrons. The Morgan fingerprint density at radius 2 is 1.79 bits per heavy atom. The number of carbonyl (C=O) groups is 1. The second-order valence-corrected chi connectivity index (χ2v) is 10.3. The van der Waals surface area contributed by atoms with Gasteiger partial charge in [0.15, 0.2) is 0 Å². The second-order valence-electron chi connectivity index (χ2n) is 6.77. The Kier molecular flexibility index (Phi) is 6.43. The fourth-order valence-corrected chi connectivity index (χ4v) is 4.98. The van der Waals surface area contributed by atoms with E-state index in [-0.39, 0.29) is 27.4 Å². The third kappa shape index (κ3) is 4.70. The van der Waals surface area contributed by atoms with E-state index in [0.717, 1.165) is 20.3 Å². The van der Waals surface area contributed by atoms with E-state index >= 15 is 0 Å². The molecule has 0 aliphatic carbocycles. The largest absolute Gasteiger partial charge is 0.340 e. The van der Waals surface area contributed by atoms with Crippen LogP contribution in [-0.2, 0) is 10.0 Å². The molecule has 1 amide bonds. The summed E-state index contributed by atoms with van der Waals surface area (Å²) in [6.45, 7) is 2.00. The summed E-state index contributed by atoms with van der Waals surface area (Å²) in [7, 11) is -0.930. The van der Waals surface area contributed by atoms with Crippen molar-refractivity contribution >= 4 is 38.9 Å². The van der Waals surface area contributed by atoms with Gasteiger partial charge in [-0.1, -0.05) is 47.5 Å². The molecule has 3 rings (SSSR count). The Bertz CT molecular complexity index is 1110. The fraction of sp³-hybridized carbons (Fsp3) is 0.190. The van der Waals surface area contributed by atoms with Crippen molar-refractivity contribution in [2.24, 2.45) is 0 Å². The zero-order valence-corrected chi connectivity index (χ0v) is 18.6. The number of aryl methyl sites for hydroxylation is 1. The van der Waals surface area contributed by atoms with Crippen LogP contribution < -0.4 is 5.32 Å². The summed E-state index contributed by atoms with van der Waals surface area (Å²) in [6.07, 6.45) is 0. The Labute approximate surface area is 180 Å². The van der Waals surface area contributed by atoms with E-state index in [4.69, 9.17) is 11.6 Å². The van der Waals surface area contributed by atoms with Gasteiger partial charge in [-0.25, -0.2) is 12.7 Å². The molecule has 0 saturated carbocycles. The molecule has 29 heavy (non-hydrogen) atoms. The number of sulfonamides is 1. The Hall–Kier alpha value is -2.19. The van der Waals surface area contributed by atoms with Gasteiger partial charge in [-0.2, -0.15) is 0 Å². The third-order valence-corrected chi connectivity index (χ3v) is 7.70. The normalized spacial score (nSPS) is 12.7. The average Bonchev–Trinajstić information content (AvgIpc) is 3.21. The van der Waals surface area contributed by atoms with E-state index in [1.165, 1.54) is 32.3 Å². The number of amides is 1. The van der Waals surface area contributed by atoms with Crippen molar-refractivity contribution in [1.29, 1.82) is 0 Å². The zero-order valence-electron chi connectivity index (χ0n) is 16.2. The average molecular weight is 449 g/mol. The van der Waals surface area contributed by atoms with Crippen molar-refractivity contribution in [1.82, 2.24) is 9.62 Å². The molecule has 0 aliphatic heterocycles. The minimum Gasteiger partial charge on any atom is -0.340 e. The van der Waals surface area contributed by atoms with Gasteiger partial charge in [0.25, 0.3) is 5.91 Å². The number of hydrogen-bond donors (Lipinski definition) is 1. The van der Waals surface area contributed by atoms with Gasteiger partial charge in [0.1, 0.15) is 4.90 Å². The zero-order chi connectivity index (χ0) is 21.2.